The van der Waals surface area contributed by atoms with Crippen molar-refractivity contribution in [2.75, 3.05) is 0 Å². The molecule has 0 unspecified atom stereocenters. The lowest BCUT2D eigenvalue weighted by atomic mass is 10.1. The van der Waals surface area contributed by atoms with Gasteiger partial charge in [0, 0.05) is 11.8 Å². The molecule has 5 nitrogen and oxygen atoms in total. The molecule has 0 saturated carbocycles. The quantitative estimate of drug-likeness (QED) is 0.440. The summed E-state index contributed by atoms with van der Waals surface area (Å²) in [6.07, 6.45) is 1.86. The molecule has 3 aromatic rings. The van der Waals surface area contributed by atoms with Gasteiger partial charge in [0.1, 0.15) is 5.84 Å². The van der Waals surface area contributed by atoms with E-state index in [0.717, 1.165) is 11.1 Å². The van der Waals surface area contributed by atoms with Crippen LogP contribution in [-0.4, -0.2) is 20.4 Å². The van der Waals surface area contributed by atoms with Crippen LogP contribution in [0.2, 0.25) is 0 Å². The largest absolute Gasteiger partial charge is 0.384 e. The number of pyridine rings is 1. The molecule has 6 heteroatoms. The summed E-state index contributed by atoms with van der Waals surface area (Å²) in [4.78, 5) is 4.29. The molecular weight excluding hydrogens is 274 g/mol. The molecule has 2 aromatic heterocycles. The molecule has 0 spiro atoms. The number of aromatic nitrogens is 3. The van der Waals surface area contributed by atoms with Crippen LogP contribution in [0.5, 0.6) is 0 Å². The van der Waals surface area contributed by atoms with E-state index in [-0.39, 0.29) is 11.7 Å². The van der Waals surface area contributed by atoms with Gasteiger partial charge in [-0.1, -0.05) is 30.3 Å². The van der Waals surface area contributed by atoms with Crippen molar-refractivity contribution in [3.63, 3.8) is 0 Å². The number of nitrogens with zero attached hydrogens (tertiary/aromatic N) is 3. The van der Waals surface area contributed by atoms with Gasteiger partial charge in [0.25, 0.3) is 0 Å². The van der Waals surface area contributed by atoms with Gasteiger partial charge in [0.2, 0.25) is 0 Å². The number of benzene rings is 1. The van der Waals surface area contributed by atoms with Crippen LogP contribution in [-0.2, 0) is 5.88 Å². The molecule has 1 aromatic carbocycles. The highest BCUT2D eigenvalue weighted by Gasteiger charge is 2.12. The third-order valence-corrected chi connectivity index (χ3v) is 3.23. The van der Waals surface area contributed by atoms with Gasteiger partial charge in [0.15, 0.2) is 11.5 Å². The zero-order chi connectivity index (χ0) is 14.1. The number of alkyl halides is 1. The Kier molecular flexibility index (Phi) is 3.12. The van der Waals surface area contributed by atoms with Crippen molar-refractivity contribution < 1.29 is 0 Å². The van der Waals surface area contributed by atoms with E-state index in [9.17, 15) is 0 Å². The number of hydrogen-bond acceptors (Lipinski definition) is 3. The fourth-order valence-corrected chi connectivity index (χ4v) is 2.19. The Morgan fingerprint density at radius 2 is 2.00 bits per heavy atom. The van der Waals surface area contributed by atoms with Crippen LogP contribution >= 0.6 is 11.6 Å². The Morgan fingerprint density at radius 1 is 1.25 bits per heavy atom. The summed E-state index contributed by atoms with van der Waals surface area (Å²) in [5.41, 5.74) is 8.70. The average Bonchev–Trinajstić information content (AvgIpc) is 2.89. The van der Waals surface area contributed by atoms with Crippen molar-refractivity contribution in [3.8, 4) is 11.1 Å². The van der Waals surface area contributed by atoms with E-state index in [1.54, 1.807) is 4.52 Å². The van der Waals surface area contributed by atoms with Crippen molar-refractivity contribution in [2.24, 2.45) is 5.73 Å². The van der Waals surface area contributed by atoms with Gasteiger partial charge in [-0.2, -0.15) is 0 Å². The molecule has 0 aliphatic heterocycles. The third kappa shape index (κ3) is 2.12. The number of nitrogens with one attached hydrogen (secondary N) is 1. The Hall–Kier alpha value is -2.40. The first kappa shape index (κ1) is 12.6. The summed E-state index contributed by atoms with van der Waals surface area (Å²) in [5.74, 6) is 0.695. The highest BCUT2D eigenvalue weighted by molar-refractivity contribution is 6.16. The topological polar surface area (TPSA) is 80.1 Å². The molecule has 3 rings (SSSR count). The summed E-state index contributed by atoms with van der Waals surface area (Å²) in [6.45, 7) is 0. The van der Waals surface area contributed by atoms with Crippen LogP contribution in [0.4, 0.5) is 0 Å². The SMILES string of the molecule is N=C(N)c1cc(-c2ccccc2)cn2nc(CCl)nc12. The van der Waals surface area contributed by atoms with Crippen LogP contribution in [0.25, 0.3) is 16.8 Å². The van der Waals surface area contributed by atoms with E-state index in [4.69, 9.17) is 22.7 Å². The predicted octanol–water partition coefficient (Wildman–Crippen LogP) is 2.42. The Morgan fingerprint density at radius 3 is 2.65 bits per heavy atom. The lowest BCUT2D eigenvalue weighted by Gasteiger charge is -2.06. The normalized spacial score (nSPS) is 10.8. The zero-order valence-electron chi connectivity index (χ0n) is 10.5. The van der Waals surface area contributed by atoms with Gasteiger partial charge in [0.05, 0.1) is 11.4 Å². The smallest absolute Gasteiger partial charge is 0.166 e. The fourth-order valence-electron chi connectivity index (χ4n) is 2.07. The van der Waals surface area contributed by atoms with Gasteiger partial charge in [-0.25, -0.2) is 9.50 Å². The van der Waals surface area contributed by atoms with Crippen molar-refractivity contribution >= 4 is 23.1 Å². The summed E-state index contributed by atoms with van der Waals surface area (Å²) in [5, 5.41) is 12.0. The predicted molar refractivity (Wildman–Crippen MR) is 79.0 cm³/mol. The van der Waals surface area contributed by atoms with E-state index in [1.807, 2.05) is 42.6 Å². The average molecular weight is 286 g/mol. The molecule has 0 saturated heterocycles. The summed E-state index contributed by atoms with van der Waals surface area (Å²) in [7, 11) is 0. The molecule has 100 valence electrons. The molecule has 0 amide bonds. The summed E-state index contributed by atoms with van der Waals surface area (Å²) < 4.78 is 1.62. The van der Waals surface area contributed by atoms with Crippen molar-refractivity contribution in [2.45, 2.75) is 5.88 Å². The second-order valence-corrected chi connectivity index (χ2v) is 4.62. The first-order chi connectivity index (χ1) is 9.69. The molecule has 20 heavy (non-hydrogen) atoms. The second-order valence-electron chi connectivity index (χ2n) is 4.35. The number of hydrogen-bond donors (Lipinski definition) is 2. The maximum atomic E-state index is 7.71. The number of rotatable bonds is 3. The summed E-state index contributed by atoms with van der Waals surface area (Å²) in [6, 6.07) is 11.7. The monoisotopic (exact) mass is 285 g/mol. The van der Waals surface area contributed by atoms with Crippen LogP contribution in [0.3, 0.4) is 0 Å². The molecule has 2 heterocycles. The van der Waals surface area contributed by atoms with E-state index < -0.39 is 0 Å². The minimum absolute atomic E-state index is 0.0405. The minimum atomic E-state index is -0.0405. The van der Waals surface area contributed by atoms with Crippen molar-refractivity contribution in [3.05, 3.63) is 54.0 Å². The van der Waals surface area contributed by atoms with Gasteiger partial charge in [-0.05, 0) is 11.6 Å². The number of fused-ring (bicyclic) bond motifs is 1. The number of nitrogen functional groups attached to an aromatic ring is 1. The zero-order valence-corrected chi connectivity index (χ0v) is 11.3. The van der Waals surface area contributed by atoms with Crippen LogP contribution < -0.4 is 5.73 Å². The van der Waals surface area contributed by atoms with E-state index in [0.29, 0.717) is 17.0 Å². The van der Waals surface area contributed by atoms with Gasteiger partial charge in [-0.15, -0.1) is 16.7 Å². The standard InChI is InChI=1S/C14H12ClN5/c15-7-12-18-14-11(13(16)17)6-10(8-20(14)19-12)9-4-2-1-3-5-9/h1-6,8H,7H2,(H3,16,17). The lowest BCUT2D eigenvalue weighted by molar-refractivity contribution is 0.923. The van der Waals surface area contributed by atoms with E-state index >= 15 is 0 Å². The lowest BCUT2D eigenvalue weighted by Crippen LogP contribution is -2.13. The second kappa shape index (κ2) is 4.94. The molecule has 0 bridgehead atoms. The molecular formula is C14H12ClN5. The molecule has 3 N–H and O–H groups in total. The van der Waals surface area contributed by atoms with Crippen LogP contribution in [0, 0.1) is 5.41 Å². The van der Waals surface area contributed by atoms with Gasteiger partial charge >= 0.3 is 0 Å². The molecule has 0 radical (unpaired) electrons. The molecule has 0 fully saturated rings. The number of amidine groups is 1. The highest BCUT2D eigenvalue weighted by atomic mass is 35.5. The Bertz CT molecular complexity index is 779. The third-order valence-electron chi connectivity index (χ3n) is 2.99. The van der Waals surface area contributed by atoms with E-state index in [1.165, 1.54) is 0 Å². The van der Waals surface area contributed by atoms with Crippen molar-refractivity contribution in [1.82, 2.24) is 14.6 Å². The maximum Gasteiger partial charge on any atom is 0.166 e. The molecule has 0 atom stereocenters. The Labute approximate surface area is 120 Å². The number of halogens is 1. The van der Waals surface area contributed by atoms with Crippen LogP contribution in [0.1, 0.15) is 11.4 Å². The minimum Gasteiger partial charge on any atom is -0.384 e. The first-order valence-corrected chi connectivity index (χ1v) is 6.57. The van der Waals surface area contributed by atoms with Gasteiger partial charge < -0.3 is 5.73 Å². The van der Waals surface area contributed by atoms with Crippen LogP contribution in [0.15, 0.2) is 42.6 Å². The molecule has 0 aliphatic carbocycles. The molecule has 0 aliphatic rings. The maximum absolute atomic E-state index is 7.71. The van der Waals surface area contributed by atoms with Gasteiger partial charge in [-0.3, -0.25) is 5.41 Å². The first-order valence-electron chi connectivity index (χ1n) is 6.04. The van der Waals surface area contributed by atoms with E-state index in [2.05, 4.69) is 10.1 Å². The fraction of sp³-hybridized carbons (Fsp3) is 0.0714. The summed E-state index contributed by atoms with van der Waals surface area (Å²) >= 11 is 5.76. The number of nitrogens with two attached hydrogens (primary N) is 1. The highest BCUT2D eigenvalue weighted by Crippen LogP contribution is 2.22. The Balaban J connectivity index is 2.27. The van der Waals surface area contributed by atoms with Crippen molar-refractivity contribution in [1.29, 1.82) is 5.41 Å².